The Labute approximate surface area is 237 Å². The van der Waals surface area contributed by atoms with Gasteiger partial charge in [0.05, 0.1) is 13.7 Å². The third-order valence-electron chi connectivity index (χ3n) is 7.40. The lowest BCUT2D eigenvalue weighted by Crippen LogP contribution is -2.46. The maximum absolute atomic E-state index is 13.4. The van der Waals surface area contributed by atoms with E-state index < -0.39 is 6.04 Å². The van der Waals surface area contributed by atoms with Gasteiger partial charge in [0.2, 0.25) is 23.6 Å². The largest absolute Gasteiger partial charge is 0.504 e. The van der Waals surface area contributed by atoms with Crippen LogP contribution in [0.5, 0.6) is 23.0 Å². The van der Waals surface area contributed by atoms with Crippen LogP contribution in [0.15, 0.2) is 40.8 Å². The van der Waals surface area contributed by atoms with Crippen LogP contribution in [-0.4, -0.2) is 58.5 Å². The summed E-state index contributed by atoms with van der Waals surface area (Å²) in [6.45, 7) is 5.69. The van der Waals surface area contributed by atoms with E-state index in [4.69, 9.17) is 13.9 Å². The van der Waals surface area contributed by atoms with Crippen molar-refractivity contribution < 1.29 is 33.4 Å². The molecule has 5 rings (SSSR count). The summed E-state index contributed by atoms with van der Waals surface area (Å²) in [5, 5.41) is 16.4. The van der Waals surface area contributed by atoms with Crippen LogP contribution in [0.25, 0.3) is 11.5 Å². The predicted molar refractivity (Wildman–Crippen MR) is 148 cm³/mol. The highest BCUT2D eigenvalue weighted by Gasteiger charge is 2.40. The van der Waals surface area contributed by atoms with E-state index in [2.05, 4.69) is 15.6 Å². The molecule has 3 aromatic rings. The Morgan fingerprint density at radius 3 is 2.73 bits per heavy atom. The highest BCUT2D eigenvalue weighted by Crippen LogP contribution is 2.39. The van der Waals surface area contributed by atoms with Gasteiger partial charge >= 0.3 is 0 Å². The van der Waals surface area contributed by atoms with Gasteiger partial charge in [-0.1, -0.05) is 19.9 Å². The van der Waals surface area contributed by atoms with Gasteiger partial charge < -0.3 is 34.5 Å². The molecule has 3 N–H and O–H groups in total. The van der Waals surface area contributed by atoms with E-state index in [-0.39, 0.29) is 60.7 Å². The molecule has 41 heavy (non-hydrogen) atoms. The number of carbonyl (C=O) groups excluding carboxylic acids is 3. The van der Waals surface area contributed by atoms with Crippen LogP contribution in [0, 0.1) is 12.8 Å². The highest BCUT2D eigenvalue weighted by molar-refractivity contribution is 5.89. The van der Waals surface area contributed by atoms with E-state index in [0.29, 0.717) is 47.2 Å². The zero-order valence-electron chi connectivity index (χ0n) is 23.5. The quantitative estimate of drug-likeness (QED) is 0.441. The van der Waals surface area contributed by atoms with Gasteiger partial charge in [-0.15, -0.1) is 0 Å². The van der Waals surface area contributed by atoms with Crippen LogP contribution < -0.4 is 20.1 Å². The number of phenols is 1. The molecule has 1 saturated heterocycles. The Hall–Kier alpha value is -4.54. The van der Waals surface area contributed by atoms with E-state index >= 15 is 0 Å². The second kappa shape index (κ2) is 11.5. The minimum Gasteiger partial charge on any atom is -0.504 e. The third-order valence-corrected chi connectivity index (χ3v) is 7.40. The summed E-state index contributed by atoms with van der Waals surface area (Å²) in [4.78, 5) is 45.3. The summed E-state index contributed by atoms with van der Waals surface area (Å²) in [5.41, 5.74) is 1.92. The van der Waals surface area contributed by atoms with Crippen molar-refractivity contribution in [3.8, 4) is 34.5 Å². The molecule has 0 aliphatic carbocycles. The molecule has 0 radical (unpaired) electrons. The fourth-order valence-electron chi connectivity index (χ4n) is 5.04. The molecular weight excluding hydrogens is 528 g/mol. The van der Waals surface area contributed by atoms with Gasteiger partial charge in [0.25, 0.3) is 0 Å². The Morgan fingerprint density at radius 2 is 1.98 bits per heavy atom. The number of aryl methyl sites for hydroxylation is 2. The van der Waals surface area contributed by atoms with Crippen molar-refractivity contribution in [1.29, 1.82) is 0 Å². The van der Waals surface area contributed by atoms with Crippen LogP contribution in [0.3, 0.4) is 0 Å². The van der Waals surface area contributed by atoms with Crippen molar-refractivity contribution in [2.75, 3.05) is 13.7 Å². The first-order valence-electron chi connectivity index (χ1n) is 13.6. The zero-order valence-corrected chi connectivity index (χ0v) is 23.5. The fourth-order valence-corrected chi connectivity index (χ4v) is 5.04. The Kier molecular flexibility index (Phi) is 7.87. The smallest absolute Gasteiger partial charge is 0.243 e. The molecule has 3 heterocycles. The third kappa shape index (κ3) is 5.98. The van der Waals surface area contributed by atoms with Gasteiger partial charge in [0, 0.05) is 30.5 Å². The lowest BCUT2D eigenvalue weighted by molar-refractivity contribution is -0.138. The average molecular weight is 563 g/mol. The number of aromatic nitrogens is 1. The summed E-state index contributed by atoms with van der Waals surface area (Å²) < 4.78 is 17.5. The minimum atomic E-state index is -0.742. The van der Waals surface area contributed by atoms with E-state index in [1.54, 1.807) is 51.1 Å². The molecule has 6 bridgehead atoms. The number of amides is 3. The second-order valence-corrected chi connectivity index (χ2v) is 10.7. The number of benzene rings is 2. The Balaban J connectivity index is 1.50. The molecule has 2 aliphatic heterocycles. The highest BCUT2D eigenvalue weighted by atomic mass is 16.5. The number of hydrogen-bond donors (Lipinski definition) is 3. The predicted octanol–water partition coefficient (Wildman–Crippen LogP) is 3.46. The molecule has 2 atom stereocenters. The number of aromatic hydroxyl groups is 1. The molecule has 3 amide bonds. The SMILES string of the molecule is COc1ccc2cc1Oc1cc(ccc1O)CCC(=O)N1C[C@@H](NC(=O)C(C)C)C[C@H]1C(=O)NCc1nc-2oc1C. The molecule has 11 heteroatoms. The Morgan fingerprint density at radius 1 is 1.17 bits per heavy atom. The van der Waals surface area contributed by atoms with Gasteiger partial charge in [0.1, 0.15) is 17.5 Å². The molecule has 2 aromatic carbocycles. The van der Waals surface area contributed by atoms with Crippen molar-refractivity contribution in [3.63, 3.8) is 0 Å². The molecule has 11 nitrogen and oxygen atoms in total. The van der Waals surface area contributed by atoms with E-state index in [9.17, 15) is 19.5 Å². The number of methoxy groups -OCH3 is 1. The number of carbonyl (C=O) groups is 3. The molecule has 0 saturated carbocycles. The molecule has 1 aromatic heterocycles. The normalized spacial score (nSPS) is 19.1. The van der Waals surface area contributed by atoms with Crippen molar-refractivity contribution in [2.24, 2.45) is 5.92 Å². The van der Waals surface area contributed by atoms with Gasteiger partial charge in [0.15, 0.2) is 23.0 Å². The van der Waals surface area contributed by atoms with Crippen molar-refractivity contribution in [3.05, 3.63) is 53.4 Å². The number of oxazole rings is 1. The molecule has 0 spiro atoms. The number of nitrogens with zero attached hydrogens (tertiary/aromatic N) is 2. The monoisotopic (exact) mass is 562 g/mol. The summed E-state index contributed by atoms with van der Waals surface area (Å²) in [5.74, 6) is 0.890. The zero-order chi connectivity index (χ0) is 29.3. The van der Waals surface area contributed by atoms with Crippen LogP contribution in [0.4, 0.5) is 0 Å². The maximum atomic E-state index is 13.4. The summed E-state index contributed by atoms with van der Waals surface area (Å²) in [6, 6.07) is 9.02. The molecule has 0 unspecified atom stereocenters. The minimum absolute atomic E-state index is 0.0730. The number of phenolic OH excluding ortho intramolecular Hbond substituents is 1. The molecule has 1 fully saturated rings. The number of nitrogens with one attached hydrogen (secondary N) is 2. The lowest BCUT2D eigenvalue weighted by atomic mass is 10.1. The maximum Gasteiger partial charge on any atom is 0.243 e. The first kappa shape index (κ1) is 28.0. The van der Waals surface area contributed by atoms with Gasteiger partial charge in [-0.2, -0.15) is 0 Å². The topological polar surface area (TPSA) is 143 Å². The standard InChI is InChI=1S/C30H34N4O7/c1-16(2)28(37)32-20-13-22-29(38)31-14-21-17(3)40-30(33-21)19-7-9-24(39-4)26(12-19)41-25-11-18(5-8-23(25)35)6-10-27(36)34(22)15-20/h5,7-9,11-12,16,20,22,35H,6,10,13-15H2,1-4H3,(H,31,38)(H,32,37)/t20-,22-/m0/s1. The lowest BCUT2D eigenvalue weighted by Gasteiger charge is -2.24. The number of ether oxygens (including phenoxy) is 2. The van der Waals surface area contributed by atoms with Crippen molar-refractivity contribution in [2.45, 2.75) is 58.7 Å². The van der Waals surface area contributed by atoms with E-state index in [1.165, 1.54) is 18.1 Å². The van der Waals surface area contributed by atoms with Crippen molar-refractivity contribution in [1.82, 2.24) is 20.5 Å². The molecule has 2 aliphatic rings. The molecular formula is C30H34N4O7. The van der Waals surface area contributed by atoms with Crippen molar-refractivity contribution >= 4 is 17.7 Å². The first-order chi connectivity index (χ1) is 19.6. The van der Waals surface area contributed by atoms with Crippen LogP contribution in [0.2, 0.25) is 0 Å². The van der Waals surface area contributed by atoms with Crippen LogP contribution in [0.1, 0.15) is 43.7 Å². The average Bonchev–Trinajstić information content (AvgIpc) is 3.54. The number of rotatable bonds is 3. The van der Waals surface area contributed by atoms with E-state index in [1.807, 2.05) is 0 Å². The Bertz CT molecular complexity index is 1480. The van der Waals surface area contributed by atoms with Gasteiger partial charge in [-0.05, 0) is 55.7 Å². The van der Waals surface area contributed by atoms with Crippen LogP contribution >= 0.6 is 0 Å². The van der Waals surface area contributed by atoms with Crippen LogP contribution in [-0.2, 0) is 27.3 Å². The van der Waals surface area contributed by atoms with Gasteiger partial charge in [-0.3, -0.25) is 14.4 Å². The first-order valence-corrected chi connectivity index (χ1v) is 13.6. The fraction of sp³-hybridized carbons (Fsp3) is 0.400. The summed E-state index contributed by atoms with van der Waals surface area (Å²) in [6.07, 6.45) is 0.797. The number of hydrogen-bond acceptors (Lipinski definition) is 8. The van der Waals surface area contributed by atoms with Gasteiger partial charge in [-0.25, -0.2) is 4.98 Å². The number of fused-ring (bicyclic) bond motifs is 8. The summed E-state index contributed by atoms with van der Waals surface area (Å²) in [7, 11) is 1.52. The summed E-state index contributed by atoms with van der Waals surface area (Å²) >= 11 is 0. The second-order valence-electron chi connectivity index (χ2n) is 10.7. The van der Waals surface area contributed by atoms with E-state index in [0.717, 1.165) is 5.56 Å². The molecule has 216 valence electrons.